The molecule has 0 bridgehead atoms. The fourth-order valence-corrected chi connectivity index (χ4v) is 6.71. The maximum atomic E-state index is 12.8. The number of carbonyl (C=O) groups is 1. The summed E-state index contributed by atoms with van der Waals surface area (Å²) in [6, 6.07) is 12.2. The summed E-state index contributed by atoms with van der Waals surface area (Å²) < 4.78 is 0. The van der Waals surface area contributed by atoms with Gasteiger partial charge < -0.3 is 9.88 Å². The Balaban J connectivity index is 1.18. The molecule has 0 atom stereocenters. The molecule has 1 aromatic carbocycles. The second-order valence-corrected chi connectivity index (χ2v) is 10.9. The van der Waals surface area contributed by atoms with Gasteiger partial charge in [-0.05, 0) is 30.0 Å². The Kier molecular flexibility index (Phi) is 6.64. The lowest BCUT2D eigenvalue weighted by atomic mass is 10.2. The van der Waals surface area contributed by atoms with Crippen molar-refractivity contribution < 1.29 is 4.79 Å². The fourth-order valence-electron chi connectivity index (χ4n) is 4.00. The van der Waals surface area contributed by atoms with Crippen molar-refractivity contribution in [2.45, 2.75) is 18.4 Å². The first-order valence-corrected chi connectivity index (χ1v) is 13.6. The van der Waals surface area contributed by atoms with E-state index in [-0.39, 0.29) is 11.5 Å². The number of carbonyl (C=O) groups excluding carboxylic acids is 1. The summed E-state index contributed by atoms with van der Waals surface area (Å²) in [6.45, 7) is 5.58. The molecule has 1 saturated heterocycles. The molecule has 5 rings (SSSR count). The van der Waals surface area contributed by atoms with Gasteiger partial charge in [-0.15, -0.1) is 34.4 Å². The molecule has 33 heavy (non-hydrogen) atoms. The Morgan fingerprint density at radius 3 is 2.70 bits per heavy atom. The van der Waals surface area contributed by atoms with Gasteiger partial charge in [-0.3, -0.25) is 14.5 Å². The Hall–Kier alpha value is -2.46. The fraction of sp³-hybridized carbons (Fsp3) is 0.292. The Labute approximate surface area is 204 Å². The highest BCUT2D eigenvalue weighted by atomic mass is 32.2. The van der Waals surface area contributed by atoms with Crippen molar-refractivity contribution in [1.29, 1.82) is 0 Å². The maximum absolute atomic E-state index is 12.8. The average Bonchev–Trinajstić information content (AvgIpc) is 3.49. The number of nitrogens with zero attached hydrogens (tertiary/aromatic N) is 3. The van der Waals surface area contributed by atoms with Crippen molar-refractivity contribution in [2.24, 2.45) is 0 Å². The predicted octanol–water partition coefficient (Wildman–Crippen LogP) is 4.46. The van der Waals surface area contributed by atoms with E-state index in [1.807, 2.05) is 39.9 Å². The van der Waals surface area contributed by atoms with Gasteiger partial charge in [0.1, 0.15) is 10.7 Å². The van der Waals surface area contributed by atoms with Crippen molar-refractivity contribution >= 4 is 50.6 Å². The third-order valence-electron chi connectivity index (χ3n) is 5.82. The van der Waals surface area contributed by atoms with Gasteiger partial charge in [-0.2, -0.15) is 0 Å². The number of piperazine rings is 1. The summed E-state index contributed by atoms with van der Waals surface area (Å²) >= 11 is 4.74. The second kappa shape index (κ2) is 9.80. The van der Waals surface area contributed by atoms with Crippen LogP contribution in [0, 0.1) is 6.92 Å². The number of nitrogens with one attached hydrogen (secondary N) is 1. The van der Waals surface area contributed by atoms with Gasteiger partial charge in [-0.1, -0.05) is 24.3 Å². The van der Waals surface area contributed by atoms with Crippen molar-refractivity contribution in [3.05, 3.63) is 68.9 Å². The average molecular weight is 497 g/mol. The standard InChI is InChI=1S/C24H24N4O2S3/c1-16-5-2-3-6-18(16)32-15-21(29)28-10-8-27(9-11-28)13-20-25-23(30)22-17(14-33-24(22)26-20)19-7-4-12-31-19/h2-7,12,14H,8-11,13,15H2,1H3,(H,25,26,30). The van der Waals surface area contributed by atoms with Crippen LogP contribution in [-0.2, 0) is 11.3 Å². The molecule has 0 aliphatic carbocycles. The summed E-state index contributed by atoms with van der Waals surface area (Å²) in [5.41, 5.74) is 2.08. The number of hydrogen-bond acceptors (Lipinski definition) is 7. The van der Waals surface area contributed by atoms with E-state index in [0.717, 1.165) is 33.3 Å². The third kappa shape index (κ3) is 4.91. The molecule has 0 unspecified atom stereocenters. The molecule has 6 nitrogen and oxygen atoms in total. The van der Waals surface area contributed by atoms with Crippen LogP contribution in [0.1, 0.15) is 11.4 Å². The minimum absolute atomic E-state index is 0.0818. The largest absolute Gasteiger partial charge is 0.339 e. The van der Waals surface area contributed by atoms with Crippen molar-refractivity contribution in [2.75, 3.05) is 31.9 Å². The van der Waals surface area contributed by atoms with Gasteiger partial charge in [0.15, 0.2) is 0 Å². The molecule has 3 aromatic heterocycles. The molecule has 9 heteroatoms. The minimum atomic E-state index is -0.0818. The van der Waals surface area contributed by atoms with E-state index in [1.165, 1.54) is 16.9 Å². The van der Waals surface area contributed by atoms with Crippen LogP contribution < -0.4 is 5.56 Å². The number of fused-ring (bicyclic) bond motifs is 1. The van der Waals surface area contributed by atoms with Crippen molar-refractivity contribution in [1.82, 2.24) is 19.8 Å². The first-order valence-electron chi connectivity index (χ1n) is 10.8. The summed E-state index contributed by atoms with van der Waals surface area (Å²) in [5, 5.41) is 4.70. The third-order valence-corrected chi connectivity index (χ3v) is 8.76. The zero-order chi connectivity index (χ0) is 22.8. The van der Waals surface area contributed by atoms with E-state index in [0.29, 0.717) is 36.6 Å². The van der Waals surface area contributed by atoms with E-state index in [2.05, 4.69) is 28.9 Å². The van der Waals surface area contributed by atoms with Crippen LogP contribution in [0.5, 0.6) is 0 Å². The van der Waals surface area contributed by atoms with Gasteiger partial charge in [-0.25, -0.2) is 4.98 Å². The number of thiophene rings is 2. The number of thioether (sulfide) groups is 1. The van der Waals surface area contributed by atoms with Gasteiger partial charge in [0.25, 0.3) is 5.56 Å². The van der Waals surface area contributed by atoms with Crippen LogP contribution in [0.2, 0.25) is 0 Å². The lowest BCUT2D eigenvalue weighted by Crippen LogP contribution is -2.49. The normalized spacial score (nSPS) is 14.8. The highest BCUT2D eigenvalue weighted by Crippen LogP contribution is 2.33. The van der Waals surface area contributed by atoms with E-state index in [1.54, 1.807) is 23.1 Å². The van der Waals surface area contributed by atoms with Crippen molar-refractivity contribution in [3.63, 3.8) is 0 Å². The Bertz CT molecular complexity index is 1320. The van der Waals surface area contributed by atoms with Crippen LogP contribution in [-0.4, -0.2) is 57.6 Å². The van der Waals surface area contributed by atoms with E-state index >= 15 is 0 Å². The van der Waals surface area contributed by atoms with Gasteiger partial charge in [0, 0.05) is 46.9 Å². The molecule has 0 radical (unpaired) electrons. The number of aromatic amines is 1. The molecule has 1 aliphatic rings. The molecule has 1 aliphatic heterocycles. The summed E-state index contributed by atoms with van der Waals surface area (Å²) in [7, 11) is 0. The van der Waals surface area contributed by atoms with E-state index in [4.69, 9.17) is 4.98 Å². The topological polar surface area (TPSA) is 69.3 Å². The first-order chi connectivity index (χ1) is 16.1. The number of aryl methyl sites for hydroxylation is 1. The Morgan fingerprint density at radius 2 is 1.94 bits per heavy atom. The molecule has 1 N–H and O–H groups in total. The highest BCUT2D eigenvalue weighted by molar-refractivity contribution is 8.00. The number of amides is 1. The van der Waals surface area contributed by atoms with Crippen LogP contribution >= 0.6 is 34.4 Å². The molecular formula is C24H24N4O2S3. The molecule has 0 spiro atoms. The number of rotatable bonds is 6. The van der Waals surface area contributed by atoms with Gasteiger partial charge >= 0.3 is 0 Å². The van der Waals surface area contributed by atoms with Crippen molar-refractivity contribution in [3.8, 4) is 10.4 Å². The molecule has 1 fully saturated rings. The molecular weight excluding hydrogens is 472 g/mol. The summed E-state index contributed by atoms with van der Waals surface area (Å²) in [5.74, 6) is 1.32. The molecule has 170 valence electrons. The highest BCUT2D eigenvalue weighted by Gasteiger charge is 2.22. The van der Waals surface area contributed by atoms with Crippen LogP contribution in [0.15, 0.2) is 56.8 Å². The zero-order valence-electron chi connectivity index (χ0n) is 18.2. The van der Waals surface area contributed by atoms with E-state index in [9.17, 15) is 9.59 Å². The Morgan fingerprint density at radius 1 is 1.12 bits per heavy atom. The zero-order valence-corrected chi connectivity index (χ0v) is 20.7. The number of aromatic nitrogens is 2. The smallest absolute Gasteiger partial charge is 0.260 e. The molecule has 4 aromatic rings. The van der Waals surface area contributed by atoms with Crippen LogP contribution in [0.3, 0.4) is 0 Å². The lowest BCUT2D eigenvalue weighted by Gasteiger charge is -2.34. The van der Waals surface area contributed by atoms with E-state index < -0.39 is 0 Å². The maximum Gasteiger partial charge on any atom is 0.260 e. The second-order valence-electron chi connectivity index (χ2n) is 8.03. The minimum Gasteiger partial charge on any atom is -0.339 e. The van der Waals surface area contributed by atoms with Crippen LogP contribution in [0.4, 0.5) is 0 Å². The first kappa shape index (κ1) is 22.3. The predicted molar refractivity (Wildman–Crippen MR) is 137 cm³/mol. The molecule has 1 amide bonds. The SMILES string of the molecule is Cc1ccccc1SCC(=O)N1CCN(Cc2nc3scc(-c4cccs4)c3c(=O)[nH]2)CC1. The summed E-state index contributed by atoms with van der Waals surface area (Å²) in [6.07, 6.45) is 0. The van der Waals surface area contributed by atoms with Gasteiger partial charge in [0.05, 0.1) is 17.7 Å². The number of benzene rings is 1. The molecule has 4 heterocycles. The number of hydrogen-bond donors (Lipinski definition) is 1. The lowest BCUT2D eigenvalue weighted by molar-refractivity contribution is -0.130. The monoisotopic (exact) mass is 496 g/mol. The van der Waals surface area contributed by atoms with Gasteiger partial charge in [0.2, 0.25) is 5.91 Å². The number of H-pyrrole nitrogens is 1. The molecule has 0 saturated carbocycles. The van der Waals surface area contributed by atoms with Crippen LogP contribution in [0.25, 0.3) is 20.7 Å². The summed E-state index contributed by atoms with van der Waals surface area (Å²) in [4.78, 5) is 40.4. The quantitative estimate of drug-likeness (QED) is 0.399.